The molecule has 8 heteroatoms. The van der Waals surface area contributed by atoms with Crippen LogP contribution in [0.25, 0.3) is 11.1 Å². The van der Waals surface area contributed by atoms with Crippen LogP contribution in [0.2, 0.25) is 5.02 Å². The van der Waals surface area contributed by atoms with Crippen molar-refractivity contribution in [2.24, 2.45) is 5.92 Å². The van der Waals surface area contributed by atoms with Gasteiger partial charge in [0.2, 0.25) is 10.0 Å². The first-order valence-electron chi connectivity index (χ1n) is 11.5. The van der Waals surface area contributed by atoms with Gasteiger partial charge in [-0.15, -0.1) is 0 Å². The minimum absolute atomic E-state index is 0.128. The van der Waals surface area contributed by atoms with Gasteiger partial charge in [-0.05, 0) is 55.0 Å². The van der Waals surface area contributed by atoms with Crippen LogP contribution in [0, 0.1) is 5.92 Å². The molecule has 0 aromatic heterocycles. The molecule has 0 saturated heterocycles. The molecule has 33 heavy (non-hydrogen) atoms. The lowest BCUT2D eigenvalue weighted by Gasteiger charge is -2.34. The molecule has 0 amide bonds. The molecule has 1 saturated carbocycles. The highest BCUT2D eigenvalue weighted by atomic mass is 35.5. The standard InChI is InChI=1S/C25H31ClN2O4S/c1-16(2)11-20-15-28(19-9-4-5-10-19)23-14-22(26)21(13-24(23)33(31,32)27(20)3)17-7-6-8-18(12-17)25(29)30/h6-8,12-14,16,19-20H,4-5,9-11,15H2,1-3H3,(H,29,30). The number of carboxylic acids is 1. The van der Waals surface area contributed by atoms with Crippen LogP contribution in [-0.4, -0.2) is 49.5 Å². The van der Waals surface area contributed by atoms with Crippen molar-refractivity contribution in [1.82, 2.24) is 4.31 Å². The molecule has 1 heterocycles. The fraction of sp³-hybridized carbons (Fsp3) is 0.480. The van der Waals surface area contributed by atoms with E-state index in [2.05, 4.69) is 18.7 Å². The highest BCUT2D eigenvalue weighted by molar-refractivity contribution is 7.89. The Hall–Kier alpha value is -2.09. The van der Waals surface area contributed by atoms with Crippen LogP contribution < -0.4 is 4.90 Å². The third-order valence-corrected chi connectivity index (χ3v) is 9.12. The van der Waals surface area contributed by atoms with Gasteiger partial charge in [-0.2, -0.15) is 4.31 Å². The van der Waals surface area contributed by atoms with Crippen LogP contribution >= 0.6 is 11.6 Å². The molecule has 178 valence electrons. The average Bonchev–Trinajstić information content (AvgIpc) is 3.28. The zero-order valence-corrected chi connectivity index (χ0v) is 20.9. The Kier molecular flexibility index (Phi) is 6.76. The van der Waals surface area contributed by atoms with Crippen molar-refractivity contribution in [1.29, 1.82) is 0 Å². The molecule has 2 aromatic rings. The van der Waals surface area contributed by atoms with Crippen LogP contribution in [0.5, 0.6) is 0 Å². The van der Waals surface area contributed by atoms with E-state index in [1.165, 1.54) is 16.4 Å². The molecule has 1 fully saturated rings. The molecule has 0 spiro atoms. The van der Waals surface area contributed by atoms with E-state index in [1.54, 1.807) is 31.3 Å². The third kappa shape index (κ3) is 4.63. The van der Waals surface area contributed by atoms with Gasteiger partial charge in [0.15, 0.2) is 0 Å². The molecule has 1 aliphatic carbocycles. The van der Waals surface area contributed by atoms with Crippen LogP contribution in [0.1, 0.15) is 56.3 Å². The van der Waals surface area contributed by atoms with E-state index >= 15 is 0 Å². The SMILES string of the molecule is CC(C)CC1CN(C2CCCC2)c2cc(Cl)c(-c3cccc(C(=O)O)c3)cc2S(=O)(=O)N1C. The second-order valence-corrected chi connectivity index (χ2v) is 12.0. The molecule has 1 atom stereocenters. The number of nitrogens with zero attached hydrogens (tertiary/aromatic N) is 2. The van der Waals surface area contributed by atoms with E-state index in [1.807, 2.05) is 0 Å². The normalized spacial score (nSPS) is 21.2. The van der Waals surface area contributed by atoms with Gasteiger partial charge >= 0.3 is 5.97 Å². The number of hydrogen-bond acceptors (Lipinski definition) is 4. The second-order valence-electron chi connectivity index (χ2n) is 9.58. The predicted octanol–water partition coefficient (Wildman–Crippen LogP) is 5.50. The third-order valence-electron chi connectivity index (χ3n) is 6.87. The minimum atomic E-state index is -3.77. The number of carbonyl (C=O) groups is 1. The van der Waals surface area contributed by atoms with Crippen LogP contribution in [0.4, 0.5) is 5.69 Å². The number of likely N-dealkylation sites (N-methyl/N-ethyl adjacent to an activating group) is 1. The van der Waals surface area contributed by atoms with Gasteiger partial charge in [0.25, 0.3) is 0 Å². The number of benzene rings is 2. The first-order chi connectivity index (χ1) is 15.6. The van der Waals surface area contributed by atoms with Crippen molar-refractivity contribution in [2.45, 2.75) is 62.9 Å². The van der Waals surface area contributed by atoms with Crippen LogP contribution in [0.15, 0.2) is 41.3 Å². The Bertz CT molecular complexity index is 1160. The highest BCUT2D eigenvalue weighted by Crippen LogP contribution is 2.43. The number of fused-ring (bicyclic) bond motifs is 1. The second kappa shape index (κ2) is 9.28. The number of rotatable bonds is 5. The lowest BCUT2D eigenvalue weighted by atomic mass is 10.0. The smallest absolute Gasteiger partial charge is 0.335 e. The molecule has 4 rings (SSSR count). The van der Waals surface area contributed by atoms with Gasteiger partial charge in [0.05, 0.1) is 16.3 Å². The molecule has 0 bridgehead atoms. The average molecular weight is 491 g/mol. The molecule has 0 radical (unpaired) electrons. The Balaban J connectivity index is 1.90. The van der Waals surface area contributed by atoms with E-state index in [4.69, 9.17) is 11.6 Å². The number of sulfonamides is 1. The molecule has 6 nitrogen and oxygen atoms in total. The number of aromatic carboxylic acids is 1. The fourth-order valence-corrected chi connectivity index (χ4v) is 6.97. The van der Waals surface area contributed by atoms with Gasteiger partial charge in [-0.1, -0.05) is 50.4 Å². The summed E-state index contributed by atoms with van der Waals surface area (Å²) in [6.07, 6.45) is 5.13. The maximum absolute atomic E-state index is 13.8. The van der Waals surface area contributed by atoms with Gasteiger partial charge in [-0.3, -0.25) is 0 Å². The van der Waals surface area contributed by atoms with Gasteiger partial charge in [-0.25, -0.2) is 13.2 Å². The zero-order chi connectivity index (χ0) is 23.9. The number of hydrogen-bond donors (Lipinski definition) is 1. The molecule has 2 aliphatic rings. The first kappa shape index (κ1) is 24.0. The molecule has 1 unspecified atom stereocenters. The Morgan fingerprint density at radius 3 is 2.52 bits per heavy atom. The molecule has 1 N–H and O–H groups in total. The van der Waals surface area contributed by atoms with E-state index in [-0.39, 0.29) is 22.5 Å². The lowest BCUT2D eigenvalue weighted by molar-refractivity contribution is 0.0697. The maximum atomic E-state index is 13.8. The largest absolute Gasteiger partial charge is 0.478 e. The topological polar surface area (TPSA) is 77.9 Å². The summed E-state index contributed by atoms with van der Waals surface area (Å²) in [6, 6.07) is 9.98. The van der Waals surface area contributed by atoms with Crippen molar-refractivity contribution >= 4 is 33.3 Å². The summed E-state index contributed by atoms with van der Waals surface area (Å²) in [6.45, 7) is 4.86. The Morgan fingerprint density at radius 1 is 1.18 bits per heavy atom. The minimum Gasteiger partial charge on any atom is -0.478 e. The van der Waals surface area contributed by atoms with Crippen molar-refractivity contribution in [3.05, 3.63) is 47.0 Å². The lowest BCUT2D eigenvalue weighted by Crippen LogP contribution is -2.45. The molecule has 2 aromatic carbocycles. The summed E-state index contributed by atoms with van der Waals surface area (Å²) in [7, 11) is -2.10. The predicted molar refractivity (Wildman–Crippen MR) is 132 cm³/mol. The van der Waals surface area contributed by atoms with E-state index in [9.17, 15) is 18.3 Å². The van der Waals surface area contributed by atoms with E-state index < -0.39 is 16.0 Å². The summed E-state index contributed by atoms with van der Waals surface area (Å²) in [5, 5.41) is 9.80. The molecule has 1 aliphatic heterocycles. The van der Waals surface area contributed by atoms with Crippen LogP contribution in [0.3, 0.4) is 0 Å². The summed E-state index contributed by atoms with van der Waals surface area (Å²) >= 11 is 6.72. The molecular weight excluding hydrogens is 460 g/mol. The highest BCUT2D eigenvalue weighted by Gasteiger charge is 2.39. The monoisotopic (exact) mass is 490 g/mol. The van der Waals surface area contributed by atoms with Gasteiger partial charge < -0.3 is 10.0 Å². The van der Waals surface area contributed by atoms with Crippen molar-refractivity contribution < 1.29 is 18.3 Å². The van der Waals surface area contributed by atoms with Crippen LogP contribution in [-0.2, 0) is 10.0 Å². The van der Waals surface area contributed by atoms with E-state index in [0.29, 0.717) is 34.3 Å². The quantitative estimate of drug-likeness (QED) is 0.598. The summed E-state index contributed by atoms with van der Waals surface area (Å²) in [5.41, 5.74) is 1.88. The van der Waals surface area contributed by atoms with Gasteiger partial charge in [0, 0.05) is 31.2 Å². The number of carboxylic acid groups (broad SMARTS) is 1. The van der Waals surface area contributed by atoms with Gasteiger partial charge in [0.1, 0.15) is 4.90 Å². The Morgan fingerprint density at radius 2 is 1.88 bits per heavy atom. The molecular formula is C25H31ClN2O4S. The van der Waals surface area contributed by atoms with Crippen molar-refractivity contribution in [3.8, 4) is 11.1 Å². The first-order valence-corrected chi connectivity index (χ1v) is 13.3. The zero-order valence-electron chi connectivity index (χ0n) is 19.3. The summed E-state index contributed by atoms with van der Waals surface area (Å²) in [5.74, 6) is -0.684. The van der Waals surface area contributed by atoms with E-state index in [0.717, 1.165) is 32.1 Å². The summed E-state index contributed by atoms with van der Waals surface area (Å²) in [4.78, 5) is 14.0. The maximum Gasteiger partial charge on any atom is 0.335 e. The van der Waals surface area contributed by atoms with Crippen molar-refractivity contribution in [2.75, 3.05) is 18.5 Å². The fourth-order valence-electron chi connectivity index (χ4n) is 5.14. The Labute approximate surface area is 201 Å². The van der Waals surface area contributed by atoms with Crippen molar-refractivity contribution in [3.63, 3.8) is 0 Å². The number of halogens is 1. The summed E-state index contributed by atoms with van der Waals surface area (Å²) < 4.78 is 29.1. The number of anilines is 1.